The molecule has 1 aromatic carbocycles. The fourth-order valence-electron chi connectivity index (χ4n) is 1.60. The summed E-state index contributed by atoms with van der Waals surface area (Å²) >= 11 is 5.89. The van der Waals surface area contributed by atoms with E-state index in [0.717, 1.165) is 12.8 Å². The largest absolute Gasteiger partial charge is 0.478 e. The van der Waals surface area contributed by atoms with Crippen LogP contribution in [-0.2, 0) is 16.1 Å². The van der Waals surface area contributed by atoms with Crippen LogP contribution < -0.4 is 0 Å². The number of rotatable bonds is 7. The number of alkyl halides is 1. The maximum absolute atomic E-state index is 11.6. The first-order valence-electron chi connectivity index (χ1n) is 6.18. The van der Waals surface area contributed by atoms with Crippen LogP contribution in [0.4, 0.5) is 0 Å². The molecule has 0 fully saturated rings. The smallest absolute Gasteiger partial charge is 0.336 e. The summed E-state index contributed by atoms with van der Waals surface area (Å²) in [5.41, 5.74) is 0.595. The molecule has 0 bridgehead atoms. The van der Waals surface area contributed by atoms with Crippen LogP contribution >= 0.6 is 11.6 Å². The number of carbonyl (C=O) groups excluding carboxylic acids is 1. The molecule has 0 heterocycles. The molecular weight excluding hydrogens is 268 g/mol. The normalized spacial score (nSPS) is 11.9. The van der Waals surface area contributed by atoms with Crippen LogP contribution in [-0.4, -0.2) is 22.4 Å². The number of carboxylic acids is 1. The maximum Gasteiger partial charge on any atom is 0.336 e. The number of carbonyl (C=O) groups is 2. The van der Waals surface area contributed by atoms with Crippen molar-refractivity contribution < 1.29 is 19.4 Å². The molecule has 19 heavy (non-hydrogen) atoms. The van der Waals surface area contributed by atoms with E-state index >= 15 is 0 Å². The molecule has 0 amide bonds. The Bertz CT molecular complexity index is 445. The lowest BCUT2D eigenvalue weighted by molar-refractivity contribution is -0.144. The van der Waals surface area contributed by atoms with Crippen molar-refractivity contribution in [3.05, 3.63) is 35.4 Å². The fourth-order valence-corrected chi connectivity index (χ4v) is 1.81. The van der Waals surface area contributed by atoms with Gasteiger partial charge in [-0.05, 0) is 12.5 Å². The standard InChI is InChI=1S/C14H17ClO4/c1-2-3-8-12(15)14(18)19-9-10-6-4-5-7-11(10)13(16)17/h4-7,12H,2-3,8-9H2,1H3,(H,16,17). The van der Waals surface area contributed by atoms with Crippen LogP contribution in [0, 0.1) is 0 Å². The number of halogens is 1. The van der Waals surface area contributed by atoms with E-state index in [9.17, 15) is 9.59 Å². The second-order valence-corrected chi connectivity index (χ2v) is 4.71. The van der Waals surface area contributed by atoms with Crippen LogP contribution in [0.1, 0.15) is 42.1 Å². The summed E-state index contributed by atoms with van der Waals surface area (Å²) in [6, 6.07) is 6.41. The van der Waals surface area contributed by atoms with E-state index in [2.05, 4.69) is 0 Å². The topological polar surface area (TPSA) is 63.6 Å². The van der Waals surface area contributed by atoms with E-state index in [0.29, 0.717) is 12.0 Å². The zero-order valence-electron chi connectivity index (χ0n) is 10.8. The van der Waals surface area contributed by atoms with Gasteiger partial charge in [-0.2, -0.15) is 0 Å². The summed E-state index contributed by atoms with van der Waals surface area (Å²) in [7, 11) is 0. The van der Waals surface area contributed by atoms with Crippen molar-refractivity contribution in [2.24, 2.45) is 0 Å². The van der Waals surface area contributed by atoms with Gasteiger partial charge >= 0.3 is 11.9 Å². The Morgan fingerprint density at radius 3 is 2.68 bits per heavy atom. The van der Waals surface area contributed by atoms with Gasteiger partial charge in [0.1, 0.15) is 12.0 Å². The summed E-state index contributed by atoms with van der Waals surface area (Å²) in [5.74, 6) is -1.55. The van der Waals surface area contributed by atoms with Crippen LogP contribution in [0.15, 0.2) is 24.3 Å². The van der Waals surface area contributed by atoms with Crippen molar-refractivity contribution in [1.82, 2.24) is 0 Å². The molecule has 104 valence electrons. The molecule has 0 saturated carbocycles. The number of unbranched alkanes of at least 4 members (excludes halogenated alkanes) is 1. The molecule has 0 aliphatic carbocycles. The van der Waals surface area contributed by atoms with Gasteiger partial charge in [-0.1, -0.05) is 38.0 Å². The monoisotopic (exact) mass is 284 g/mol. The average Bonchev–Trinajstić information content (AvgIpc) is 2.42. The predicted molar refractivity (Wildman–Crippen MR) is 72.4 cm³/mol. The molecule has 0 aliphatic rings. The van der Waals surface area contributed by atoms with E-state index in [1.807, 2.05) is 6.92 Å². The molecular formula is C14H17ClO4. The minimum absolute atomic E-state index is 0.0728. The number of ether oxygens (including phenoxy) is 1. The van der Waals surface area contributed by atoms with Gasteiger partial charge in [-0.3, -0.25) is 4.79 Å². The van der Waals surface area contributed by atoms with Crippen molar-refractivity contribution in [3.63, 3.8) is 0 Å². The SMILES string of the molecule is CCCCC(Cl)C(=O)OCc1ccccc1C(=O)O. The molecule has 0 aliphatic heterocycles. The molecule has 0 saturated heterocycles. The van der Waals surface area contributed by atoms with Gasteiger partial charge in [0.15, 0.2) is 0 Å². The molecule has 0 aromatic heterocycles. The lowest BCUT2D eigenvalue weighted by Gasteiger charge is -2.10. The van der Waals surface area contributed by atoms with Crippen molar-refractivity contribution in [2.75, 3.05) is 0 Å². The highest BCUT2D eigenvalue weighted by atomic mass is 35.5. The van der Waals surface area contributed by atoms with Crippen LogP contribution in [0.5, 0.6) is 0 Å². The van der Waals surface area contributed by atoms with E-state index in [1.165, 1.54) is 6.07 Å². The van der Waals surface area contributed by atoms with Crippen molar-refractivity contribution in [3.8, 4) is 0 Å². The summed E-state index contributed by atoms with van der Waals surface area (Å²) in [6.07, 6.45) is 2.38. The van der Waals surface area contributed by atoms with Crippen molar-refractivity contribution in [1.29, 1.82) is 0 Å². The molecule has 5 heteroatoms. The number of aromatic carboxylic acids is 1. The van der Waals surface area contributed by atoms with Crippen LogP contribution in [0.25, 0.3) is 0 Å². The Morgan fingerprint density at radius 1 is 1.37 bits per heavy atom. The minimum atomic E-state index is -1.04. The maximum atomic E-state index is 11.6. The van der Waals surface area contributed by atoms with Crippen LogP contribution in [0.2, 0.25) is 0 Å². The minimum Gasteiger partial charge on any atom is -0.478 e. The second kappa shape index (κ2) is 7.79. The highest BCUT2D eigenvalue weighted by Gasteiger charge is 2.17. The van der Waals surface area contributed by atoms with E-state index in [1.54, 1.807) is 18.2 Å². The highest BCUT2D eigenvalue weighted by molar-refractivity contribution is 6.29. The van der Waals surface area contributed by atoms with Gasteiger partial charge in [0.25, 0.3) is 0 Å². The van der Waals surface area contributed by atoms with Gasteiger partial charge in [-0.25, -0.2) is 4.79 Å². The van der Waals surface area contributed by atoms with Crippen molar-refractivity contribution >= 4 is 23.5 Å². The van der Waals surface area contributed by atoms with Crippen LogP contribution in [0.3, 0.4) is 0 Å². The fraction of sp³-hybridized carbons (Fsp3) is 0.429. The van der Waals surface area contributed by atoms with E-state index in [-0.39, 0.29) is 12.2 Å². The number of carboxylic acid groups (broad SMARTS) is 1. The number of esters is 1. The van der Waals surface area contributed by atoms with Gasteiger partial charge in [0, 0.05) is 5.56 Å². The summed E-state index contributed by atoms with van der Waals surface area (Å²) in [6.45, 7) is 1.94. The summed E-state index contributed by atoms with van der Waals surface area (Å²) < 4.78 is 5.04. The average molecular weight is 285 g/mol. The number of benzene rings is 1. The Balaban J connectivity index is 2.57. The third kappa shape index (κ3) is 4.91. The van der Waals surface area contributed by atoms with Gasteiger partial charge in [-0.15, -0.1) is 11.6 Å². The lowest BCUT2D eigenvalue weighted by Crippen LogP contribution is -2.18. The molecule has 0 spiro atoms. The van der Waals surface area contributed by atoms with Gasteiger partial charge in [0.05, 0.1) is 5.56 Å². The molecule has 1 atom stereocenters. The molecule has 4 nitrogen and oxygen atoms in total. The third-order valence-electron chi connectivity index (χ3n) is 2.68. The first-order valence-corrected chi connectivity index (χ1v) is 6.61. The highest BCUT2D eigenvalue weighted by Crippen LogP contribution is 2.13. The molecule has 1 N–H and O–H groups in total. The number of hydrogen-bond donors (Lipinski definition) is 1. The molecule has 1 rings (SSSR count). The lowest BCUT2D eigenvalue weighted by atomic mass is 10.1. The van der Waals surface area contributed by atoms with Gasteiger partial charge < -0.3 is 9.84 Å². The third-order valence-corrected chi connectivity index (χ3v) is 3.08. The predicted octanol–water partition coefficient (Wildman–Crippen LogP) is 3.23. The van der Waals surface area contributed by atoms with E-state index in [4.69, 9.17) is 21.4 Å². The Labute approximate surface area is 117 Å². The summed E-state index contributed by atoms with van der Waals surface area (Å²) in [4.78, 5) is 22.6. The second-order valence-electron chi connectivity index (χ2n) is 4.18. The number of hydrogen-bond acceptors (Lipinski definition) is 3. The Morgan fingerprint density at radius 2 is 2.05 bits per heavy atom. The summed E-state index contributed by atoms with van der Waals surface area (Å²) in [5, 5.41) is 8.32. The zero-order chi connectivity index (χ0) is 14.3. The van der Waals surface area contributed by atoms with Gasteiger partial charge in [0.2, 0.25) is 0 Å². The zero-order valence-corrected chi connectivity index (χ0v) is 11.5. The van der Waals surface area contributed by atoms with Crippen molar-refractivity contribution in [2.45, 2.75) is 38.2 Å². The Kier molecular flexibility index (Phi) is 6.36. The van der Waals surface area contributed by atoms with E-state index < -0.39 is 17.3 Å². The molecule has 1 aromatic rings. The molecule has 0 radical (unpaired) electrons. The first kappa shape index (κ1) is 15.5. The Hall–Kier alpha value is -1.55. The quantitative estimate of drug-likeness (QED) is 0.617. The molecule has 1 unspecified atom stereocenters. The first-order chi connectivity index (χ1) is 9.06.